The van der Waals surface area contributed by atoms with Gasteiger partial charge in [-0.3, -0.25) is 9.59 Å². The molecule has 0 radical (unpaired) electrons. The molecule has 2 aromatic heterocycles. The zero-order valence-electron chi connectivity index (χ0n) is 19.1. The van der Waals surface area contributed by atoms with Crippen LogP contribution in [0.25, 0.3) is 11.4 Å². The van der Waals surface area contributed by atoms with Crippen molar-refractivity contribution < 1.29 is 22.7 Å². The molecule has 8 heteroatoms. The molecular weight excluding hydrogens is 440 g/mol. The van der Waals surface area contributed by atoms with E-state index in [0.717, 1.165) is 29.5 Å². The smallest absolute Gasteiger partial charge is 0.268 e. The van der Waals surface area contributed by atoms with Crippen molar-refractivity contribution in [3.8, 4) is 17.1 Å². The molecule has 0 aliphatic rings. The van der Waals surface area contributed by atoms with Crippen LogP contribution >= 0.6 is 0 Å². The Hall–Kier alpha value is -3.13. The first-order valence-corrected chi connectivity index (χ1v) is 12.6. The fourth-order valence-electron chi connectivity index (χ4n) is 4.00. The largest absolute Gasteiger partial charge is 0.494 e. The first-order valence-electron chi connectivity index (χ1n) is 11.2. The van der Waals surface area contributed by atoms with Crippen LogP contribution in [0, 0.1) is 0 Å². The standard InChI is InChI=1S/C25H30N2O5S/c1-3-4-5-6-7-11-16-26-20(18-28)14-15-22(26)23-17-25(32-2)24(19-29)27(23)33(30,31)21-12-9-8-10-13-21/h8-10,12-15,17-19H,3-7,11,16H2,1-2H3. The molecule has 3 rings (SSSR count). The predicted molar refractivity (Wildman–Crippen MR) is 128 cm³/mol. The van der Waals surface area contributed by atoms with Gasteiger partial charge in [0.1, 0.15) is 11.4 Å². The Morgan fingerprint density at radius 3 is 2.21 bits per heavy atom. The Balaban J connectivity index is 2.09. The van der Waals surface area contributed by atoms with E-state index in [1.165, 1.54) is 44.6 Å². The van der Waals surface area contributed by atoms with Gasteiger partial charge in [-0.2, -0.15) is 0 Å². The van der Waals surface area contributed by atoms with Gasteiger partial charge in [0.05, 0.1) is 29.1 Å². The van der Waals surface area contributed by atoms with Crippen LogP contribution in [-0.4, -0.2) is 36.6 Å². The van der Waals surface area contributed by atoms with Crippen LogP contribution in [0.2, 0.25) is 0 Å². The van der Waals surface area contributed by atoms with Crippen LogP contribution in [0.15, 0.2) is 53.4 Å². The van der Waals surface area contributed by atoms with Crippen LogP contribution in [0.3, 0.4) is 0 Å². The number of ether oxygens (including phenoxy) is 1. The summed E-state index contributed by atoms with van der Waals surface area (Å²) in [5.41, 5.74) is 1.17. The molecular formula is C25H30N2O5S. The summed E-state index contributed by atoms with van der Waals surface area (Å²) in [6, 6.07) is 12.8. The number of nitrogens with zero attached hydrogens (tertiary/aromatic N) is 2. The Morgan fingerprint density at radius 1 is 0.879 bits per heavy atom. The lowest BCUT2D eigenvalue weighted by molar-refractivity contribution is 0.110. The maximum Gasteiger partial charge on any atom is 0.268 e. The average Bonchev–Trinajstić information content (AvgIpc) is 3.42. The molecule has 0 amide bonds. The molecule has 0 saturated heterocycles. The Kier molecular flexibility index (Phi) is 8.27. The summed E-state index contributed by atoms with van der Waals surface area (Å²) in [5.74, 6) is 0.152. The van der Waals surface area contributed by atoms with Gasteiger partial charge < -0.3 is 9.30 Å². The Morgan fingerprint density at radius 2 is 1.58 bits per heavy atom. The maximum atomic E-state index is 13.6. The van der Waals surface area contributed by atoms with Crippen molar-refractivity contribution in [3.05, 3.63) is 59.9 Å². The summed E-state index contributed by atoms with van der Waals surface area (Å²) in [4.78, 5) is 23.7. The Bertz CT molecular complexity index is 1190. The van der Waals surface area contributed by atoms with Crippen LogP contribution < -0.4 is 4.74 Å². The predicted octanol–water partition coefficient (Wildman–Crippen LogP) is 5.19. The molecule has 0 aliphatic carbocycles. The molecule has 0 spiro atoms. The van der Waals surface area contributed by atoms with Gasteiger partial charge in [0, 0.05) is 12.6 Å². The number of carbonyl (C=O) groups excluding carboxylic acids is 2. The van der Waals surface area contributed by atoms with Gasteiger partial charge in [-0.15, -0.1) is 0 Å². The lowest BCUT2D eigenvalue weighted by Crippen LogP contribution is -2.18. The van der Waals surface area contributed by atoms with E-state index in [0.29, 0.717) is 24.2 Å². The van der Waals surface area contributed by atoms with E-state index in [-0.39, 0.29) is 22.0 Å². The fraction of sp³-hybridized carbons (Fsp3) is 0.360. The van der Waals surface area contributed by atoms with Crippen LogP contribution in [0.1, 0.15) is 66.4 Å². The van der Waals surface area contributed by atoms with Crippen LogP contribution in [0.4, 0.5) is 0 Å². The third-order valence-corrected chi connectivity index (χ3v) is 7.45. The molecule has 3 aromatic rings. The molecule has 2 heterocycles. The molecule has 1 aromatic carbocycles. The van der Waals surface area contributed by atoms with Gasteiger partial charge in [0.2, 0.25) is 0 Å². The van der Waals surface area contributed by atoms with Crippen molar-refractivity contribution in [1.82, 2.24) is 8.54 Å². The molecule has 0 N–H and O–H groups in total. The summed E-state index contributed by atoms with van der Waals surface area (Å²) < 4.78 is 35.3. The van der Waals surface area contributed by atoms with E-state index in [9.17, 15) is 18.0 Å². The topological polar surface area (TPSA) is 87.4 Å². The molecule has 33 heavy (non-hydrogen) atoms. The molecule has 176 valence electrons. The lowest BCUT2D eigenvalue weighted by atomic mass is 10.1. The minimum absolute atomic E-state index is 0.0530. The first kappa shape index (κ1) is 24.5. The quantitative estimate of drug-likeness (QED) is 0.253. The third-order valence-electron chi connectivity index (χ3n) is 5.70. The molecule has 0 atom stereocenters. The number of aldehydes is 2. The summed E-state index contributed by atoms with van der Waals surface area (Å²) in [7, 11) is -2.71. The summed E-state index contributed by atoms with van der Waals surface area (Å²) in [6.07, 6.45) is 7.77. The van der Waals surface area contributed by atoms with E-state index >= 15 is 0 Å². The number of methoxy groups -OCH3 is 1. The number of unbranched alkanes of at least 4 members (excludes halogenated alkanes) is 5. The summed E-state index contributed by atoms with van der Waals surface area (Å²) in [6.45, 7) is 2.74. The highest BCUT2D eigenvalue weighted by molar-refractivity contribution is 7.90. The number of rotatable bonds is 13. The lowest BCUT2D eigenvalue weighted by Gasteiger charge is -2.15. The van der Waals surface area contributed by atoms with Crippen molar-refractivity contribution in [2.75, 3.05) is 7.11 Å². The molecule has 0 aliphatic heterocycles. The van der Waals surface area contributed by atoms with E-state index in [1.807, 2.05) is 4.57 Å². The maximum absolute atomic E-state index is 13.6. The number of hydrogen-bond acceptors (Lipinski definition) is 5. The van der Waals surface area contributed by atoms with E-state index in [1.54, 1.807) is 30.3 Å². The first-order chi connectivity index (χ1) is 16.0. The molecule has 0 bridgehead atoms. The zero-order chi connectivity index (χ0) is 23.8. The number of benzene rings is 1. The highest BCUT2D eigenvalue weighted by Crippen LogP contribution is 2.35. The second kappa shape index (κ2) is 11.1. The van der Waals surface area contributed by atoms with Gasteiger partial charge in [-0.1, -0.05) is 57.2 Å². The summed E-state index contributed by atoms with van der Waals surface area (Å²) in [5, 5.41) is 0. The molecule has 0 fully saturated rings. The minimum atomic E-state index is -4.10. The second-order valence-corrected chi connectivity index (χ2v) is 9.65. The normalized spacial score (nSPS) is 11.5. The molecule has 0 saturated carbocycles. The SMILES string of the molecule is CCCCCCCCn1c(C=O)ccc1-c1cc(OC)c(C=O)n1S(=O)(=O)c1ccccc1. The summed E-state index contributed by atoms with van der Waals surface area (Å²) >= 11 is 0. The van der Waals surface area contributed by atoms with E-state index < -0.39 is 10.0 Å². The molecule has 0 unspecified atom stereocenters. The van der Waals surface area contributed by atoms with E-state index in [2.05, 4.69) is 6.92 Å². The minimum Gasteiger partial charge on any atom is -0.494 e. The van der Waals surface area contributed by atoms with Crippen molar-refractivity contribution in [3.63, 3.8) is 0 Å². The highest BCUT2D eigenvalue weighted by Gasteiger charge is 2.29. The monoisotopic (exact) mass is 470 g/mol. The van der Waals surface area contributed by atoms with Crippen molar-refractivity contribution >= 4 is 22.6 Å². The number of aromatic nitrogens is 2. The fourth-order valence-corrected chi connectivity index (χ4v) is 5.51. The Labute approximate surface area is 195 Å². The van der Waals surface area contributed by atoms with Crippen molar-refractivity contribution in [1.29, 1.82) is 0 Å². The van der Waals surface area contributed by atoms with Gasteiger partial charge in [-0.25, -0.2) is 12.4 Å². The van der Waals surface area contributed by atoms with Gasteiger partial charge in [0.15, 0.2) is 12.6 Å². The van der Waals surface area contributed by atoms with Gasteiger partial charge in [-0.05, 0) is 30.7 Å². The highest BCUT2D eigenvalue weighted by atomic mass is 32.2. The number of carbonyl (C=O) groups is 2. The molecule has 7 nitrogen and oxygen atoms in total. The second-order valence-electron chi connectivity index (χ2n) is 7.86. The van der Waals surface area contributed by atoms with Crippen molar-refractivity contribution in [2.24, 2.45) is 0 Å². The van der Waals surface area contributed by atoms with Gasteiger partial charge >= 0.3 is 0 Å². The average molecular weight is 471 g/mol. The van der Waals surface area contributed by atoms with Crippen LogP contribution in [-0.2, 0) is 16.6 Å². The van der Waals surface area contributed by atoms with Gasteiger partial charge in [0.25, 0.3) is 10.0 Å². The zero-order valence-corrected chi connectivity index (χ0v) is 19.9. The number of hydrogen-bond donors (Lipinski definition) is 0. The van der Waals surface area contributed by atoms with Crippen LogP contribution in [0.5, 0.6) is 5.75 Å². The van der Waals surface area contributed by atoms with E-state index in [4.69, 9.17) is 4.74 Å². The third kappa shape index (κ3) is 5.11. The van der Waals surface area contributed by atoms with Crippen molar-refractivity contribution in [2.45, 2.75) is 56.9 Å².